The number of aliphatic hydroxyl groups is 1. The number of rotatable bonds is 12. The molecular weight excluding hydrogens is 322 g/mol. The highest BCUT2D eigenvalue weighted by molar-refractivity contribution is 5.69. The largest absolute Gasteiger partial charge is 0.490 e. The van der Waals surface area contributed by atoms with Gasteiger partial charge in [0.1, 0.15) is 12.7 Å². The molecule has 1 aromatic carbocycles. The lowest BCUT2D eigenvalue weighted by atomic mass is 10.1. The Morgan fingerprint density at radius 2 is 1.92 bits per heavy atom. The lowest BCUT2D eigenvalue weighted by Gasteiger charge is -2.17. The van der Waals surface area contributed by atoms with Gasteiger partial charge in [0.25, 0.3) is 0 Å². The number of hydrogen-bond acceptors (Lipinski definition) is 6. The Balaban J connectivity index is 2.62. The third kappa shape index (κ3) is 8.74. The minimum atomic E-state index is -0.597. The highest BCUT2D eigenvalue weighted by Crippen LogP contribution is 2.29. The van der Waals surface area contributed by atoms with Gasteiger partial charge in [0.05, 0.1) is 13.2 Å². The SMILES string of the molecule is CCOC(=O)CCc1ccc(OCC(O)CNC(C)C)c(OCC)c1. The molecule has 0 saturated carbocycles. The number of aliphatic hydroxyl groups excluding tert-OH is 1. The standard InChI is InChI=1S/C19H31NO5/c1-5-23-18-11-15(8-10-19(22)24-6-2)7-9-17(18)25-13-16(21)12-20-14(3)4/h7,9,11,14,16,20-21H,5-6,8,10,12-13H2,1-4H3. The van der Waals surface area contributed by atoms with Gasteiger partial charge in [-0.1, -0.05) is 19.9 Å². The van der Waals surface area contributed by atoms with E-state index < -0.39 is 6.10 Å². The quantitative estimate of drug-likeness (QED) is 0.562. The van der Waals surface area contributed by atoms with Gasteiger partial charge < -0.3 is 24.6 Å². The van der Waals surface area contributed by atoms with Crippen LogP contribution in [0.1, 0.15) is 39.7 Å². The zero-order valence-electron chi connectivity index (χ0n) is 15.7. The molecule has 0 aromatic heterocycles. The number of carbonyl (C=O) groups is 1. The Morgan fingerprint density at radius 3 is 2.56 bits per heavy atom. The van der Waals surface area contributed by atoms with Crippen LogP contribution in [-0.2, 0) is 16.0 Å². The van der Waals surface area contributed by atoms with Crippen LogP contribution in [0.5, 0.6) is 11.5 Å². The van der Waals surface area contributed by atoms with E-state index in [9.17, 15) is 9.90 Å². The third-order valence-corrected chi connectivity index (χ3v) is 3.42. The van der Waals surface area contributed by atoms with E-state index in [4.69, 9.17) is 14.2 Å². The Bertz CT molecular complexity index is 519. The number of esters is 1. The molecule has 6 nitrogen and oxygen atoms in total. The first-order valence-electron chi connectivity index (χ1n) is 8.91. The maximum absolute atomic E-state index is 11.5. The molecule has 0 aliphatic heterocycles. The molecule has 0 heterocycles. The molecule has 1 unspecified atom stereocenters. The van der Waals surface area contributed by atoms with Crippen LogP contribution in [-0.4, -0.2) is 49.6 Å². The van der Waals surface area contributed by atoms with Crippen LogP contribution in [0.4, 0.5) is 0 Å². The Hall–Kier alpha value is -1.79. The van der Waals surface area contributed by atoms with E-state index in [1.807, 2.05) is 39.0 Å². The van der Waals surface area contributed by atoms with Gasteiger partial charge in [-0.2, -0.15) is 0 Å². The van der Waals surface area contributed by atoms with Crippen molar-refractivity contribution in [1.82, 2.24) is 5.32 Å². The third-order valence-electron chi connectivity index (χ3n) is 3.42. The Kier molecular flexibility index (Phi) is 9.96. The van der Waals surface area contributed by atoms with E-state index in [1.54, 1.807) is 6.92 Å². The molecule has 6 heteroatoms. The molecule has 25 heavy (non-hydrogen) atoms. The van der Waals surface area contributed by atoms with Crippen molar-refractivity contribution >= 4 is 5.97 Å². The number of hydrogen-bond donors (Lipinski definition) is 2. The summed E-state index contributed by atoms with van der Waals surface area (Å²) in [5.41, 5.74) is 0.978. The van der Waals surface area contributed by atoms with Crippen molar-refractivity contribution in [2.75, 3.05) is 26.4 Å². The van der Waals surface area contributed by atoms with Crippen molar-refractivity contribution in [3.05, 3.63) is 23.8 Å². The fourth-order valence-corrected chi connectivity index (χ4v) is 2.19. The molecule has 0 amide bonds. The van der Waals surface area contributed by atoms with Crippen molar-refractivity contribution in [2.45, 2.75) is 52.7 Å². The first kappa shape index (κ1) is 21.3. The molecule has 0 spiro atoms. The van der Waals surface area contributed by atoms with Gasteiger partial charge in [0.15, 0.2) is 11.5 Å². The van der Waals surface area contributed by atoms with Gasteiger partial charge in [0.2, 0.25) is 0 Å². The highest BCUT2D eigenvalue weighted by Gasteiger charge is 2.11. The minimum absolute atomic E-state index is 0.183. The maximum Gasteiger partial charge on any atom is 0.306 e. The lowest BCUT2D eigenvalue weighted by Crippen LogP contribution is -2.35. The van der Waals surface area contributed by atoms with Gasteiger partial charge in [-0.3, -0.25) is 4.79 Å². The van der Waals surface area contributed by atoms with E-state index >= 15 is 0 Å². The zero-order valence-corrected chi connectivity index (χ0v) is 15.7. The second-order valence-corrected chi connectivity index (χ2v) is 6.05. The van der Waals surface area contributed by atoms with Crippen molar-refractivity contribution in [2.24, 2.45) is 0 Å². The molecule has 0 fully saturated rings. The maximum atomic E-state index is 11.5. The summed E-state index contributed by atoms with van der Waals surface area (Å²) < 4.78 is 16.3. The number of nitrogens with one attached hydrogen (secondary N) is 1. The Labute approximate surface area is 150 Å². The molecule has 0 bridgehead atoms. The molecule has 0 radical (unpaired) electrons. The van der Waals surface area contributed by atoms with E-state index in [2.05, 4.69) is 5.32 Å². The number of aryl methyl sites for hydroxylation is 1. The van der Waals surface area contributed by atoms with E-state index in [0.717, 1.165) is 5.56 Å². The molecular formula is C19H31NO5. The number of carbonyl (C=O) groups excluding carboxylic acids is 1. The lowest BCUT2D eigenvalue weighted by molar-refractivity contribution is -0.143. The van der Waals surface area contributed by atoms with E-state index in [1.165, 1.54) is 0 Å². The fourth-order valence-electron chi connectivity index (χ4n) is 2.19. The number of ether oxygens (including phenoxy) is 3. The van der Waals surface area contributed by atoms with Gasteiger partial charge >= 0.3 is 5.97 Å². The smallest absolute Gasteiger partial charge is 0.306 e. The van der Waals surface area contributed by atoms with Crippen LogP contribution >= 0.6 is 0 Å². The topological polar surface area (TPSA) is 77.0 Å². The van der Waals surface area contributed by atoms with Crippen molar-refractivity contribution in [3.8, 4) is 11.5 Å². The Morgan fingerprint density at radius 1 is 1.16 bits per heavy atom. The van der Waals surface area contributed by atoms with Crippen LogP contribution < -0.4 is 14.8 Å². The van der Waals surface area contributed by atoms with Gasteiger partial charge in [-0.25, -0.2) is 0 Å². The summed E-state index contributed by atoms with van der Waals surface area (Å²) in [6, 6.07) is 5.90. The monoisotopic (exact) mass is 353 g/mol. The van der Waals surface area contributed by atoms with Crippen molar-refractivity contribution in [1.29, 1.82) is 0 Å². The minimum Gasteiger partial charge on any atom is -0.490 e. The van der Waals surface area contributed by atoms with Crippen LogP contribution in [0.3, 0.4) is 0 Å². The molecule has 1 aromatic rings. The van der Waals surface area contributed by atoms with E-state index in [-0.39, 0.29) is 12.6 Å². The van der Waals surface area contributed by atoms with Crippen molar-refractivity contribution in [3.63, 3.8) is 0 Å². The summed E-state index contributed by atoms with van der Waals surface area (Å²) in [5, 5.41) is 13.1. The first-order valence-corrected chi connectivity index (χ1v) is 8.91. The van der Waals surface area contributed by atoms with Crippen LogP contribution in [0.2, 0.25) is 0 Å². The average molecular weight is 353 g/mol. The van der Waals surface area contributed by atoms with Crippen LogP contribution in [0, 0.1) is 0 Å². The molecule has 142 valence electrons. The van der Waals surface area contributed by atoms with Gasteiger partial charge in [0, 0.05) is 19.0 Å². The predicted molar refractivity (Wildman–Crippen MR) is 97.2 cm³/mol. The summed E-state index contributed by atoms with van der Waals surface area (Å²) in [4.78, 5) is 11.5. The summed E-state index contributed by atoms with van der Waals surface area (Å²) in [6.45, 7) is 9.30. The molecule has 0 aliphatic rings. The average Bonchev–Trinajstić information content (AvgIpc) is 2.57. The summed E-state index contributed by atoms with van der Waals surface area (Å²) in [6.07, 6.45) is 0.319. The van der Waals surface area contributed by atoms with Gasteiger partial charge in [-0.05, 0) is 38.0 Å². The molecule has 0 saturated heterocycles. The molecule has 1 atom stereocenters. The second kappa shape index (κ2) is 11.7. The van der Waals surface area contributed by atoms with Crippen LogP contribution in [0.25, 0.3) is 0 Å². The predicted octanol–water partition coefficient (Wildman–Crippen LogP) is 2.32. The molecule has 1 rings (SSSR count). The molecule has 0 aliphatic carbocycles. The van der Waals surface area contributed by atoms with Gasteiger partial charge in [-0.15, -0.1) is 0 Å². The first-order chi connectivity index (χ1) is 12.0. The summed E-state index contributed by atoms with van der Waals surface area (Å²) >= 11 is 0. The normalized spacial score (nSPS) is 12.1. The van der Waals surface area contributed by atoms with E-state index in [0.29, 0.717) is 50.1 Å². The highest BCUT2D eigenvalue weighted by atomic mass is 16.5. The second-order valence-electron chi connectivity index (χ2n) is 6.05. The van der Waals surface area contributed by atoms with Crippen LogP contribution in [0.15, 0.2) is 18.2 Å². The molecule has 2 N–H and O–H groups in total. The number of benzene rings is 1. The summed E-state index contributed by atoms with van der Waals surface area (Å²) in [5.74, 6) is 1.000. The fraction of sp³-hybridized carbons (Fsp3) is 0.632. The zero-order chi connectivity index (χ0) is 18.7. The summed E-state index contributed by atoms with van der Waals surface area (Å²) in [7, 11) is 0. The van der Waals surface area contributed by atoms with Crippen molar-refractivity contribution < 1.29 is 24.1 Å².